The van der Waals surface area contributed by atoms with Gasteiger partial charge in [-0.1, -0.05) is 42.5 Å². The molecule has 0 radical (unpaired) electrons. The molecule has 226 valence electrons. The third kappa shape index (κ3) is 8.85. The van der Waals surface area contributed by atoms with E-state index in [4.69, 9.17) is 14.2 Å². The molecule has 2 aliphatic rings. The van der Waals surface area contributed by atoms with Gasteiger partial charge in [-0.05, 0) is 43.5 Å². The largest absolute Gasteiger partial charge is 0.497 e. The molecule has 11 heteroatoms. The summed E-state index contributed by atoms with van der Waals surface area (Å²) in [5, 5.41) is 8.39. The van der Waals surface area contributed by atoms with Crippen molar-refractivity contribution in [2.75, 3.05) is 46.6 Å². The lowest BCUT2D eigenvalue weighted by molar-refractivity contribution is -0.134. The Hall–Kier alpha value is -3.80. The molecule has 3 amide bonds. The molecule has 2 aromatic carbocycles. The highest BCUT2D eigenvalue weighted by Gasteiger charge is 2.50. The average Bonchev–Trinajstić information content (AvgIpc) is 3.75. The number of ketones is 1. The number of hydrogen-bond donors (Lipinski definition) is 3. The Labute approximate surface area is 246 Å². The van der Waals surface area contributed by atoms with Crippen molar-refractivity contribution < 1.29 is 33.4 Å². The lowest BCUT2D eigenvalue weighted by Gasteiger charge is -2.27. The molecule has 2 fully saturated rings. The van der Waals surface area contributed by atoms with Crippen LogP contribution in [0.5, 0.6) is 5.75 Å². The maximum atomic E-state index is 13.7. The molecule has 0 aromatic heterocycles. The van der Waals surface area contributed by atoms with Crippen LogP contribution in [0.4, 0.5) is 0 Å². The lowest BCUT2D eigenvalue weighted by Crippen LogP contribution is -2.57. The maximum Gasteiger partial charge on any atom is 0.243 e. The molecule has 0 aliphatic carbocycles. The molecule has 2 aromatic rings. The van der Waals surface area contributed by atoms with Gasteiger partial charge >= 0.3 is 0 Å². The number of benzene rings is 2. The highest BCUT2D eigenvalue weighted by Crippen LogP contribution is 2.29. The molecule has 2 heterocycles. The number of rotatable bonds is 14. The van der Waals surface area contributed by atoms with Crippen molar-refractivity contribution in [1.29, 1.82) is 0 Å². The number of nitrogens with one attached hydrogen (secondary N) is 3. The van der Waals surface area contributed by atoms with Crippen LogP contribution in [0, 0.1) is 0 Å². The summed E-state index contributed by atoms with van der Waals surface area (Å²) in [5.74, 6) is -0.876. The SMILES string of the molecule is COc1ccc(C[C@@H](NC(=O)[C@@H](C)NC(=O)CN2CCOCC2)C(=O)N[C@H](Cc2ccccc2)C(=O)[C@]2(C)CO2)cc1. The predicted octanol–water partition coefficient (Wildman–Crippen LogP) is 0.645. The van der Waals surface area contributed by atoms with Crippen molar-refractivity contribution in [1.82, 2.24) is 20.9 Å². The Morgan fingerprint density at radius 1 is 0.881 bits per heavy atom. The molecule has 0 unspecified atom stereocenters. The molecule has 0 bridgehead atoms. The van der Waals surface area contributed by atoms with Gasteiger partial charge < -0.3 is 30.2 Å². The molecule has 3 N–H and O–H groups in total. The van der Waals surface area contributed by atoms with E-state index in [9.17, 15) is 19.2 Å². The molecule has 2 saturated heterocycles. The number of nitrogens with zero attached hydrogens (tertiary/aromatic N) is 1. The Balaban J connectivity index is 1.46. The fraction of sp³-hybridized carbons (Fsp3) is 0.484. The molecule has 4 atom stereocenters. The summed E-state index contributed by atoms with van der Waals surface area (Å²) in [6.45, 7) is 6.13. The van der Waals surface area contributed by atoms with Crippen LogP contribution in [0.2, 0.25) is 0 Å². The van der Waals surface area contributed by atoms with Gasteiger partial charge in [-0.25, -0.2) is 0 Å². The third-order valence-electron chi connectivity index (χ3n) is 7.49. The topological polar surface area (TPSA) is 139 Å². The van der Waals surface area contributed by atoms with E-state index in [0.717, 1.165) is 11.1 Å². The van der Waals surface area contributed by atoms with Crippen LogP contribution in [0.15, 0.2) is 54.6 Å². The summed E-state index contributed by atoms with van der Waals surface area (Å²) in [4.78, 5) is 54.8. The van der Waals surface area contributed by atoms with Crippen LogP contribution >= 0.6 is 0 Å². The number of amides is 3. The Bertz CT molecular complexity index is 1230. The first kappa shape index (κ1) is 31.1. The van der Waals surface area contributed by atoms with Crippen LogP contribution in [0.3, 0.4) is 0 Å². The predicted molar refractivity (Wildman–Crippen MR) is 155 cm³/mol. The molecule has 0 spiro atoms. The quantitative estimate of drug-likeness (QED) is 0.277. The van der Waals surface area contributed by atoms with Crippen LogP contribution in [0.25, 0.3) is 0 Å². The Morgan fingerprint density at radius 2 is 1.48 bits per heavy atom. The Morgan fingerprint density at radius 3 is 2.10 bits per heavy atom. The number of ether oxygens (including phenoxy) is 3. The molecule has 0 saturated carbocycles. The summed E-state index contributed by atoms with van der Waals surface area (Å²) in [5.41, 5.74) is 0.720. The highest BCUT2D eigenvalue weighted by atomic mass is 16.6. The van der Waals surface area contributed by atoms with Crippen molar-refractivity contribution in [2.45, 2.75) is 50.4 Å². The standard InChI is InChI=1S/C31H40N4O7/c1-21(32-27(36)19-35-13-15-41-16-14-35)29(38)34-26(18-23-9-11-24(40-3)12-10-23)30(39)33-25(28(37)31(2)20-42-31)17-22-7-5-4-6-8-22/h4-12,21,25-26H,13-20H2,1-3H3,(H,32,36)(H,33,39)(H,34,38)/t21-,25-,26-,31+/m1/s1. The summed E-state index contributed by atoms with van der Waals surface area (Å²) in [6.07, 6.45) is 0.442. The van der Waals surface area contributed by atoms with E-state index in [-0.39, 0.29) is 31.1 Å². The zero-order valence-corrected chi connectivity index (χ0v) is 24.4. The number of methoxy groups -OCH3 is 1. The second kappa shape index (κ2) is 14.4. The summed E-state index contributed by atoms with van der Waals surface area (Å²) in [6, 6.07) is 13.8. The normalized spacial score (nSPS) is 20.5. The summed E-state index contributed by atoms with van der Waals surface area (Å²) in [7, 11) is 1.56. The number of morpholine rings is 1. The number of hydrogen-bond acceptors (Lipinski definition) is 8. The highest BCUT2D eigenvalue weighted by molar-refractivity contribution is 5.98. The molecule has 42 heavy (non-hydrogen) atoms. The van der Waals surface area contributed by atoms with Crippen molar-refractivity contribution in [3.05, 3.63) is 65.7 Å². The smallest absolute Gasteiger partial charge is 0.243 e. The number of carbonyl (C=O) groups excluding carboxylic acids is 4. The van der Waals surface area contributed by atoms with Crippen molar-refractivity contribution in [2.24, 2.45) is 0 Å². The van der Waals surface area contributed by atoms with E-state index in [1.54, 1.807) is 33.1 Å². The molecule has 2 aliphatic heterocycles. The van der Waals surface area contributed by atoms with Crippen molar-refractivity contribution in [3.63, 3.8) is 0 Å². The van der Waals surface area contributed by atoms with Crippen molar-refractivity contribution >= 4 is 23.5 Å². The zero-order chi connectivity index (χ0) is 30.1. The number of carbonyl (C=O) groups is 4. The minimum Gasteiger partial charge on any atom is -0.497 e. The fourth-order valence-electron chi connectivity index (χ4n) is 4.77. The minimum atomic E-state index is -1.01. The first-order valence-corrected chi connectivity index (χ1v) is 14.2. The van der Waals surface area contributed by atoms with Gasteiger partial charge in [0.2, 0.25) is 17.7 Å². The molecule has 11 nitrogen and oxygen atoms in total. The van der Waals surface area contributed by atoms with E-state index >= 15 is 0 Å². The van der Waals surface area contributed by atoms with Gasteiger partial charge in [0.1, 0.15) is 23.4 Å². The van der Waals surface area contributed by atoms with Crippen molar-refractivity contribution in [3.8, 4) is 5.75 Å². The zero-order valence-electron chi connectivity index (χ0n) is 24.4. The van der Waals surface area contributed by atoms with Gasteiger partial charge in [-0.2, -0.15) is 0 Å². The van der Waals surface area contributed by atoms with Gasteiger partial charge in [-0.15, -0.1) is 0 Å². The lowest BCUT2D eigenvalue weighted by atomic mass is 9.94. The first-order valence-electron chi connectivity index (χ1n) is 14.2. The van der Waals surface area contributed by atoms with E-state index in [0.29, 0.717) is 38.7 Å². The van der Waals surface area contributed by atoms with Crippen LogP contribution in [-0.2, 0) is 41.5 Å². The molecular formula is C31H40N4O7. The number of epoxide rings is 1. The van der Waals surface area contributed by atoms with E-state index in [2.05, 4.69) is 16.0 Å². The number of Topliss-reactive ketones (excluding diaryl/α,β-unsaturated/α-hetero) is 1. The molecule has 4 rings (SSSR count). The van der Waals surface area contributed by atoms with Crippen LogP contribution in [-0.4, -0.2) is 98.7 Å². The van der Waals surface area contributed by atoms with Gasteiger partial charge in [0, 0.05) is 19.5 Å². The summed E-state index contributed by atoms with van der Waals surface area (Å²) >= 11 is 0. The van der Waals surface area contributed by atoms with Gasteiger partial charge in [-0.3, -0.25) is 24.1 Å². The third-order valence-corrected chi connectivity index (χ3v) is 7.49. The van der Waals surface area contributed by atoms with Gasteiger partial charge in [0.05, 0.1) is 39.5 Å². The average molecular weight is 581 g/mol. The van der Waals surface area contributed by atoms with Gasteiger partial charge in [0.15, 0.2) is 5.78 Å². The van der Waals surface area contributed by atoms with E-state index in [1.165, 1.54) is 0 Å². The maximum absolute atomic E-state index is 13.7. The second-order valence-electron chi connectivity index (χ2n) is 10.9. The second-order valence-corrected chi connectivity index (χ2v) is 10.9. The fourth-order valence-corrected chi connectivity index (χ4v) is 4.77. The summed E-state index contributed by atoms with van der Waals surface area (Å²) < 4.78 is 15.9. The van der Waals surface area contributed by atoms with E-state index in [1.807, 2.05) is 47.4 Å². The van der Waals surface area contributed by atoms with Crippen LogP contribution in [0.1, 0.15) is 25.0 Å². The first-order chi connectivity index (χ1) is 20.2. The van der Waals surface area contributed by atoms with Crippen LogP contribution < -0.4 is 20.7 Å². The minimum absolute atomic E-state index is 0.154. The van der Waals surface area contributed by atoms with E-state index < -0.39 is 35.5 Å². The van der Waals surface area contributed by atoms with Gasteiger partial charge in [0.25, 0.3) is 0 Å². The molecular weight excluding hydrogens is 540 g/mol. The Kier molecular flexibility index (Phi) is 10.7. The monoisotopic (exact) mass is 580 g/mol.